The molecule has 0 fully saturated rings. The van der Waals surface area contributed by atoms with Crippen LogP contribution in [0.5, 0.6) is 0 Å². The summed E-state index contributed by atoms with van der Waals surface area (Å²) < 4.78 is 5.89. The van der Waals surface area contributed by atoms with E-state index < -0.39 is 0 Å². The molecule has 0 unspecified atom stereocenters. The maximum Gasteiger partial charge on any atom is 0.164 e. The van der Waals surface area contributed by atoms with Crippen molar-refractivity contribution in [1.29, 1.82) is 0 Å². The molecule has 2 N–H and O–H groups in total. The predicted molar refractivity (Wildman–Crippen MR) is 83.9 cm³/mol. The van der Waals surface area contributed by atoms with Crippen molar-refractivity contribution in [1.82, 2.24) is 4.98 Å². The summed E-state index contributed by atoms with van der Waals surface area (Å²) in [7, 11) is 0. The number of nitrogens with two attached hydrogens (primary N) is 1. The van der Waals surface area contributed by atoms with Gasteiger partial charge in [0.2, 0.25) is 0 Å². The maximum atomic E-state index is 5.89. The molecule has 2 heterocycles. The van der Waals surface area contributed by atoms with E-state index in [2.05, 4.69) is 20.8 Å². The number of fused-ring (bicyclic) bond motifs is 1. The van der Waals surface area contributed by atoms with Gasteiger partial charge < -0.3 is 10.2 Å². The Morgan fingerprint density at radius 1 is 1.25 bits per heavy atom. The minimum absolute atomic E-state index is 0.00450. The lowest BCUT2D eigenvalue weighted by Crippen LogP contribution is -2.15. The van der Waals surface area contributed by atoms with E-state index in [1.54, 1.807) is 11.3 Å². The van der Waals surface area contributed by atoms with Gasteiger partial charge >= 0.3 is 0 Å². The smallest absolute Gasteiger partial charge is 0.164 e. The molecule has 20 heavy (non-hydrogen) atoms. The van der Waals surface area contributed by atoms with Crippen LogP contribution in [0.25, 0.3) is 21.7 Å². The minimum atomic E-state index is -0.00450. The Morgan fingerprint density at radius 2 is 2.00 bits per heavy atom. The van der Waals surface area contributed by atoms with E-state index in [1.807, 2.05) is 30.3 Å². The Labute approximate surface area is 122 Å². The van der Waals surface area contributed by atoms with E-state index in [1.165, 1.54) is 0 Å². The van der Waals surface area contributed by atoms with Gasteiger partial charge in [-0.25, -0.2) is 4.98 Å². The lowest BCUT2D eigenvalue weighted by atomic mass is 9.91. The average molecular weight is 286 g/mol. The van der Waals surface area contributed by atoms with E-state index in [0.717, 1.165) is 32.3 Å². The van der Waals surface area contributed by atoms with Crippen molar-refractivity contribution in [2.75, 3.05) is 0 Å². The monoisotopic (exact) mass is 286 g/mol. The molecule has 2 aromatic heterocycles. The molecule has 0 atom stereocenters. The van der Waals surface area contributed by atoms with Crippen LogP contribution in [0.1, 0.15) is 31.3 Å². The Balaban J connectivity index is 2.12. The highest BCUT2D eigenvalue weighted by molar-refractivity contribution is 7.15. The number of rotatable bonds is 2. The van der Waals surface area contributed by atoms with Gasteiger partial charge in [0, 0.05) is 22.2 Å². The summed E-state index contributed by atoms with van der Waals surface area (Å²) >= 11 is 1.62. The van der Waals surface area contributed by atoms with Crippen LogP contribution in [0, 0.1) is 0 Å². The van der Waals surface area contributed by atoms with E-state index in [4.69, 9.17) is 15.1 Å². The molecule has 0 amide bonds. The number of nitrogens with zero attached hydrogens (tertiary/aromatic N) is 1. The number of hydrogen-bond acceptors (Lipinski definition) is 4. The lowest BCUT2D eigenvalue weighted by molar-refractivity contribution is 0.565. The van der Waals surface area contributed by atoms with Crippen LogP contribution < -0.4 is 5.73 Å². The molecule has 0 saturated heterocycles. The van der Waals surface area contributed by atoms with E-state index >= 15 is 0 Å². The van der Waals surface area contributed by atoms with Crippen molar-refractivity contribution in [2.45, 2.75) is 32.7 Å². The van der Waals surface area contributed by atoms with E-state index in [-0.39, 0.29) is 5.41 Å². The van der Waals surface area contributed by atoms with E-state index in [0.29, 0.717) is 6.54 Å². The summed E-state index contributed by atoms with van der Waals surface area (Å²) in [5.74, 6) is 0.821. The fourth-order valence-electron chi connectivity index (χ4n) is 2.27. The van der Waals surface area contributed by atoms with Crippen LogP contribution in [0.15, 0.2) is 34.7 Å². The first-order chi connectivity index (χ1) is 9.49. The SMILES string of the molecule is CC(C)(C)c1nc(-c2cc3ccccc3o2)sc1CN. The molecule has 0 aliphatic rings. The van der Waals surface area contributed by atoms with Gasteiger partial charge in [0.1, 0.15) is 5.58 Å². The van der Waals surface area contributed by atoms with Crippen LogP contribution in [-0.2, 0) is 12.0 Å². The number of furan rings is 1. The molecule has 0 spiro atoms. The Kier molecular flexibility index (Phi) is 3.15. The number of para-hydroxylation sites is 1. The molecule has 104 valence electrons. The highest BCUT2D eigenvalue weighted by Crippen LogP contribution is 2.36. The average Bonchev–Trinajstić information content (AvgIpc) is 3.01. The number of benzene rings is 1. The molecule has 0 aliphatic carbocycles. The van der Waals surface area contributed by atoms with Crippen molar-refractivity contribution in [3.05, 3.63) is 40.9 Å². The van der Waals surface area contributed by atoms with Crippen LogP contribution in [-0.4, -0.2) is 4.98 Å². The molecule has 0 radical (unpaired) electrons. The fourth-order valence-corrected chi connectivity index (χ4v) is 3.37. The summed E-state index contributed by atoms with van der Waals surface area (Å²) in [6, 6.07) is 10.0. The fraction of sp³-hybridized carbons (Fsp3) is 0.312. The van der Waals surface area contributed by atoms with Crippen LogP contribution in [0.2, 0.25) is 0 Å². The molecule has 3 nitrogen and oxygen atoms in total. The Hall–Kier alpha value is -1.65. The zero-order valence-electron chi connectivity index (χ0n) is 11.9. The maximum absolute atomic E-state index is 5.89. The van der Waals surface area contributed by atoms with Gasteiger partial charge in [-0.3, -0.25) is 0 Å². The molecular weight excluding hydrogens is 268 g/mol. The highest BCUT2D eigenvalue weighted by atomic mass is 32.1. The largest absolute Gasteiger partial charge is 0.454 e. The first-order valence-electron chi connectivity index (χ1n) is 6.68. The van der Waals surface area contributed by atoms with Crippen molar-refractivity contribution >= 4 is 22.3 Å². The molecule has 4 heteroatoms. The first-order valence-corrected chi connectivity index (χ1v) is 7.50. The number of thiazole rings is 1. The second kappa shape index (κ2) is 4.72. The number of hydrogen-bond donors (Lipinski definition) is 1. The summed E-state index contributed by atoms with van der Waals surface area (Å²) in [4.78, 5) is 5.89. The lowest BCUT2D eigenvalue weighted by Gasteiger charge is -2.16. The standard InChI is InChI=1S/C16H18N2OS/c1-16(2,3)14-13(9-17)20-15(18-14)12-8-10-6-4-5-7-11(10)19-12/h4-8H,9,17H2,1-3H3. The van der Waals surface area contributed by atoms with Crippen molar-refractivity contribution in [3.63, 3.8) is 0 Å². The topological polar surface area (TPSA) is 52.0 Å². The Morgan fingerprint density at radius 3 is 2.60 bits per heavy atom. The molecule has 3 aromatic rings. The van der Waals surface area contributed by atoms with Gasteiger partial charge in [0.15, 0.2) is 10.8 Å². The minimum Gasteiger partial charge on any atom is -0.454 e. The second-order valence-corrected chi connectivity index (χ2v) is 6.98. The molecule has 0 aliphatic heterocycles. The summed E-state index contributed by atoms with van der Waals surface area (Å²) in [6.45, 7) is 6.99. The molecule has 0 saturated carbocycles. The van der Waals surface area contributed by atoms with Crippen molar-refractivity contribution in [3.8, 4) is 10.8 Å². The van der Waals surface area contributed by atoms with Gasteiger partial charge in [-0.1, -0.05) is 39.0 Å². The summed E-state index contributed by atoms with van der Waals surface area (Å²) in [5.41, 5.74) is 7.81. The second-order valence-electron chi connectivity index (χ2n) is 5.89. The Bertz CT molecular complexity index is 716. The molecule has 3 rings (SSSR count). The summed E-state index contributed by atoms with van der Waals surface area (Å²) in [6.07, 6.45) is 0. The van der Waals surface area contributed by atoms with Gasteiger partial charge in [-0.05, 0) is 12.1 Å². The number of aromatic nitrogens is 1. The predicted octanol–water partition coefficient (Wildman–Crippen LogP) is 4.31. The zero-order chi connectivity index (χ0) is 14.3. The molecule has 0 bridgehead atoms. The van der Waals surface area contributed by atoms with Crippen molar-refractivity contribution in [2.24, 2.45) is 5.73 Å². The van der Waals surface area contributed by atoms with E-state index in [9.17, 15) is 0 Å². The van der Waals surface area contributed by atoms with Gasteiger partial charge in [0.05, 0.1) is 5.69 Å². The molecule has 1 aromatic carbocycles. The normalized spacial score (nSPS) is 12.2. The first kappa shape index (κ1) is 13.3. The van der Waals surface area contributed by atoms with Crippen LogP contribution >= 0.6 is 11.3 Å². The third kappa shape index (κ3) is 2.25. The van der Waals surface area contributed by atoms with Gasteiger partial charge in [-0.2, -0.15) is 0 Å². The third-order valence-electron chi connectivity index (χ3n) is 3.23. The quantitative estimate of drug-likeness (QED) is 0.763. The van der Waals surface area contributed by atoms with Gasteiger partial charge in [0.25, 0.3) is 0 Å². The van der Waals surface area contributed by atoms with Gasteiger partial charge in [-0.15, -0.1) is 11.3 Å². The van der Waals surface area contributed by atoms with Crippen molar-refractivity contribution < 1.29 is 4.42 Å². The third-order valence-corrected chi connectivity index (χ3v) is 4.32. The molecular formula is C16H18N2OS. The summed E-state index contributed by atoms with van der Waals surface area (Å²) in [5, 5.41) is 2.01. The zero-order valence-corrected chi connectivity index (χ0v) is 12.8. The van der Waals surface area contributed by atoms with Crippen LogP contribution in [0.3, 0.4) is 0 Å². The highest BCUT2D eigenvalue weighted by Gasteiger charge is 2.24. The van der Waals surface area contributed by atoms with Crippen LogP contribution in [0.4, 0.5) is 0 Å².